The summed E-state index contributed by atoms with van der Waals surface area (Å²) in [6.45, 7) is 2.46. The van der Waals surface area contributed by atoms with E-state index in [1.54, 1.807) is 12.3 Å². The molecule has 0 unspecified atom stereocenters. The van der Waals surface area contributed by atoms with Gasteiger partial charge in [-0.05, 0) is 36.1 Å². The quantitative estimate of drug-likeness (QED) is 0.421. The third kappa shape index (κ3) is 3.72. The molecule has 0 aliphatic carbocycles. The molecule has 0 aliphatic rings. The highest BCUT2D eigenvalue weighted by Gasteiger charge is 2.19. The van der Waals surface area contributed by atoms with Crippen LogP contribution in [0.3, 0.4) is 0 Å². The number of unbranched alkanes of at least 4 members (excludes halogenated alkanes) is 2. The van der Waals surface area contributed by atoms with E-state index in [1.807, 2.05) is 6.92 Å². The Balaban J connectivity index is 2.08. The highest BCUT2D eigenvalue weighted by Crippen LogP contribution is 2.29. The first kappa shape index (κ1) is 19.1. The number of rotatable bonds is 6. The number of halogens is 4. The molecule has 0 bridgehead atoms. The molecule has 0 aliphatic heterocycles. The van der Waals surface area contributed by atoms with Gasteiger partial charge in [-0.3, -0.25) is 9.78 Å². The van der Waals surface area contributed by atoms with Gasteiger partial charge in [0.05, 0.1) is 11.1 Å². The molecule has 142 valence electrons. The maximum absolute atomic E-state index is 14.6. The lowest BCUT2D eigenvalue weighted by Gasteiger charge is -2.11. The van der Waals surface area contributed by atoms with Gasteiger partial charge in [-0.1, -0.05) is 19.8 Å². The summed E-state index contributed by atoms with van der Waals surface area (Å²) in [5.41, 5.74) is -1.06. The second-order valence-electron chi connectivity index (χ2n) is 6.32. The fourth-order valence-electron chi connectivity index (χ4n) is 2.96. The zero-order chi connectivity index (χ0) is 19.6. The number of benzene rings is 1. The van der Waals surface area contributed by atoms with Gasteiger partial charge >= 0.3 is 0 Å². The largest absolute Gasteiger partial charge is 0.315 e. The normalized spacial score (nSPS) is 11.5. The van der Waals surface area contributed by atoms with Gasteiger partial charge in [0.2, 0.25) is 0 Å². The third-order valence-electron chi connectivity index (χ3n) is 4.46. The van der Waals surface area contributed by atoms with E-state index in [2.05, 4.69) is 4.98 Å². The van der Waals surface area contributed by atoms with Gasteiger partial charge in [-0.25, -0.2) is 17.6 Å². The molecule has 27 heavy (non-hydrogen) atoms. The van der Waals surface area contributed by atoms with Crippen molar-refractivity contribution in [3.05, 3.63) is 64.2 Å². The van der Waals surface area contributed by atoms with Crippen LogP contribution in [-0.4, -0.2) is 9.55 Å². The summed E-state index contributed by atoms with van der Waals surface area (Å²) in [4.78, 5) is 16.3. The number of aryl methyl sites for hydroxylation is 1. The summed E-state index contributed by atoms with van der Waals surface area (Å²) in [6.07, 6.45) is 2.45. The zero-order valence-electron chi connectivity index (χ0n) is 14.7. The van der Waals surface area contributed by atoms with Crippen molar-refractivity contribution in [1.29, 1.82) is 0 Å². The maximum Gasteiger partial charge on any atom is 0.265 e. The highest BCUT2D eigenvalue weighted by atomic mass is 19.3. The van der Waals surface area contributed by atoms with Crippen LogP contribution in [0.15, 0.2) is 41.5 Å². The topological polar surface area (TPSA) is 34.9 Å². The van der Waals surface area contributed by atoms with E-state index in [0.717, 1.165) is 31.5 Å². The van der Waals surface area contributed by atoms with Crippen LogP contribution in [0.4, 0.5) is 17.6 Å². The Hall–Kier alpha value is -2.70. The predicted molar refractivity (Wildman–Crippen MR) is 95.8 cm³/mol. The van der Waals surface area contributed by atoms with Crippen LogP contribution in [0.5, 0.6) is 0 Å². The van der Waals surface area contributed by atoms with Gasteiger partial charge in [-0.2, -0.15) is 0 Å². The van der Waals surface area contributed by atoms with Crippen molar-refractivity contribution >= 4 is 10.8 Å². The molecule has 1 aromatic carbocycles. The standard InChI is InChI=1S/C20H18F4N2O/c1-2-3-4-8-26-9-7-12-10-14(17(21)18(22)16(12)20(26)27)15-6-5-13(11-25-15)19(23)24/h5-7,9-11,19H,2-4,8H2,1H3. The molecule has 0 atom stereocenters. The van der Waals surface area contributed by atoms with Crippen molar-refractivity contribution < 1.29 is 17.6 Å². The van der Waals surface area contributed by atoms with Crippen molar-refractivity contribution in [3.63, 3.8) is 0 Å². The average Bonchev–Trinajstić information content (AvgIpc) is 2.66. The maximum atomic E-state index is 14.6. The lowest BCUT2D eigenvalue weighted by Crippen LogP contribution is -2.21. The molecule has 0 radical (unpaired) electrons. The van der Waals surface area contributed by atoms with Gasteiger partial charge in [-0.15, -0.1) is 0 Å². The van der Waals surface area contributed by atoms with Crippen LogP contribution >= 0.6 is 0 Å². The summed E-state index contributed by atoms with van der Waals surface area (Å²) in [7, 11) is 0. The smallest absolute Gasteiger partial charge is 0.265 e. The number of pyridine rings is 2. The lowest BCUT2D eigenvalue weighted by atomic mass is 10.0. The number of alkyl halides is 2. The predicted octanol–water partition coefficient (Wildman–Crippen LogP) is 5.47. The summed E-state index contributed by atoms with van der Waals surface area (Å²) < 4.78 is 55.9. The lowest BCUT2D eigenvalue weighted by molar-refractivity contribution is 0.151. The Morgan fingerprint density at radius 1 is 1.11 bits per heavy atom. The Bertz CT molecular complexity index is 1010. The summed E-state index contributed by atoms with van der Waals surface area (Å²) >= 11 is 0. The van der Waals surface area contributed by atoms with E-state index in [-0.39, 0.29) is 27.6 Å². The van der Waals surface area contributed by atoms with Crippen LogP contribution in [0.2, 0.25) is 0 Å². The van der Waals surface area contributed by atoms with Crippen molar-refractivity contribution in [2.75, 3.05) is 0 Å². The Morgan fingerprint density at radius 3 is 2.52 bits per heavy atom. The molecule has 0 N–H and O–H groups in total. The first-order chi connectivity index (χ1) is 12.9. The van der Waals surface area contributed by atoms with Gasteiger partial charge < -0.3 is 4.57 Å². The molecule has 0 saturated heterocycles. The second kappa shape index (κ2) is 7.90. The number of fused-ring (bicyclic) bond motifs is 1. The minimum Gasteiger partial charge on any atom is -0.315 e. The van der Waals surface area contributed by atoms with Gasteiger partial charge in [0, 0.05) is 30.1 Å². The molecule has 0 fully saturated rings. The Morgan fingerprint density at radius 2 is 1.89 bits per heavy atom. The third-order valence-corrected chi connectivity index (χ3v) is 4.46. The summed E-state index contributed by atoms with van der Waals surface area (Å²) in [5, 5.41) is -0.0835. The highest BCUT2D eigenvalue weighted by molar-refractivity contribution is 5.87. The molecule has 0 amide bonds. The van der Waals surface area contributed by atoms with Crippen LogP contribution in [0, 0.1) is 11.6 Å². The number of hydrogen-bond donors (Lipinski definition) is 0. The second-order valence-corrected chi connectivity index (χ2v) is 6.32. The molecule has 3 nitrogen and oxygen atoms in total. The molecule has 3 aromatic rings. The van der Waals surface area contributed by atoms with Crippen molar-refractivity contribution in [1.82, 2.24) is 9.55 Å². The monoisotopic (exact) mass is 378 g/mol. The molecular formula is C20H18F4N2O. The fraction of sp³-hybridized carbons (Fsp3) is 0.300. The molecule has 3 rings (SSSR count). The molecule has 2 aromatic heterocycles. The van der Waals surface area contributed by atoms with Crippen molar-refractivity contribution in [2.45, 2.75) is 39.2 Å². The first-order valence-corrected chi connectivity index (χ1v) is 8.69. The average molecular weight is 378 g/mol. The molecule has 0 saturated carbocycles. The minimum absolute atomic E-state index is 0.0184. The molecule has 7 heteroatoms. The Kier molecular flexibility index (Phi) is 5.58. The van der Waals surface area contributed by atoms with Crippen molar-refractivity contribution in [3.8, 4) is 11.3 Å². The van der Waals surface area contributed by atoms with E-state index >= 15 is 0 Å². The van der Waals surface area contributed by atoms with E-state index < -0.39 is 23.6 Å². The van der Waals surface area contributed by atoms with Crippen molar-refractivity contribution in [2.24, 2.45) is 0 Å². The number of hydrogen-bond acceptors (Lipinski definition) is 2. The summed E-state index contributed by atoms with van der Waals surface area (Å²) in [6, 6.07) is 5.18. The van der Waals surface area contributed by atoms with Crippen LogP contribution in [-0.2, 0) is 6.54 Å². The van der Waals surface area contributed by atoms with Gasteiger partial charge in [0.15, 0.2) is 11.6 Å². The zero-order valence-corrected chi connectivity index (χ0v) is 14.7. The first-order valence-electron chi connectivity index (χ1n) is 8.69. The van der Waals surface area contributed by atoms with Crippen LogP contribution < -0.4 is 5.56 Å². The fourth-order valence-corrected chi connectivity index (χ4v) is 2.96. The Labute approximate surface area is 153 Å². The summed E-state index contributed by atoms with van der Waals surface area (Å²) in [5.74, 6) is -2.47. The van der Waals surface area contributed by atoms with E-state index in [4.69, 9.17) is 0 Å². The van der Waals surface area contributed by atoms with Crippen LogP contribution in [0.1, 0.15) is 38.2 Å². The number of nitrogens with zero attached hydrogens (tertiary/aromatic N) is 2. The van der Waals surface area contributed by atoms with Gasteiger partial charge in [0.1, 0.15) is 0 Å². The van der Waals surface area contributed by atoms with E-state index in [9.17, 15) is 22.4 Å². The molecule has 2 heterocycles. The van der Waals surface area contributed by atoms with E-state index in [0.29, 0.717) is 6.54 Å². The van der Waals surface area contributed by atoms with Crippen LogP contribution in [0.25, 0.3) is 22.0 Å². The van der Waals surface area contributed by atoms with Gasteiger partial charge in [0.25, 0.3) is 12.0 Å². The van der Waals surface area contributed by atoms with E-state index in [1.165, 1.54) is 16.7 Å². The molecular weight excluding hydrogens is 360 g/mol. The minimum atomic E-state index is -2.70. The SMILES string of the molecule is CCCCCn1ccc2cc(-c3ccc(C(F)F)cn3)c(F)c(F)c2c1=O. The molecule has 0 spiro atoms. The number of aromatic nitrogens is 2.